The van der Waals surface area contributed by atoms with E-state index in [1.165, 1.54) is 0 Å². The van der Waals surface area contributed by atoms with Gasteiger partial charge in [-0.3, -0.25) is 4.79 Å². The Hall–Kier alpha value is -5.15. The summed E-state index contributed by atoms with van der Waals surface area (Å²) in [5.74, 6) is -0.430. The average molecular weight is 770 g/mol. The molecule has 4 aromatic rings. The van der Waals surface area contributed by atoms with Gasteiger partial charge in [0.25, 0.3) is 5.91 Å². The van der Waals surface area contributed by atoms with Crippen molar-refractivity contribution in [2.24, 2.45) is 5.41 Å². The summed E-state index contributed by atoms with van der Waals surface area (Å²) >= 11 is 6.65. The lowest BCUT2D eigenvalue weighted by atomic mass is 9.92. The number of alkyl halides is 3. The van der Waals surface area contributed by atoms with Gasteiger partial charge in [0.15, 0.2) is 6.61 Å². The van der Waals surface area contributed by atoms with Crippen LogP contribution in [0.25, 0.3) is 0 Å². The van der Waals surface area contributed by atoms with Crippen LogP contribution in [-0.2, 0) is 29.0 Å². The van der Waals surface area contributed by atoms with Crippen LogP contribution in [-0.4, -0.2) is 77.5 Å². The van der Waals surface area contributed by atoms with Crippen molar-refractivity contribution in [2.75, 3.05) is 50.1 Å². The lowest BCUT2D eigenvalue weighted by Crippen LogP contribution is -2.45. The summed E-state index contributed by atoms with van der Waals surface area (Å²) in [6.45, 7) is 4.31. The molecule has 16 heteroatoms. The second kappa shape index (κ2) is 18.7. The van der Waals surface area contributed by atoms with Crippen molar-refractivity contribution in [3.05, 3.63) is 100 Å². The summed E-state index contributed by atoms with van der Waals surface area (Å²) in [5.41, 5.74) is 3.03. The van der Waals surface area contributed by atoms with Crippen molar-refractivity contribution < 1.29 is 37.0 Å². The molecule has 0 unspecified atom stereocenters. The Morgan fingerprint density at radius 2 is 1.70 bits per heavy atom. The monoisotopic (exact) mass is 769 g/mol. The highest BCUT2D eigenvalue weighted by Crippen LogP contribution is 2.24. The zero-order valence-corrected chi connectivity index (χ0v) is 30.8. The van der Waals surface area contributed by atoms with E-state index in [4.69, 9.17) is 25.8 Å². The smallest absolute Gasteiger partial charge is 0.422 e. The molecule has 8 rings (SSSR count). The molecule has 0 atom stereocenters. The van der Waals surface area contributed by atoms with Crippen molar-refractivity contribution in [3.63, 3.8) is 0 Å². The van der Waals surface area contributed by atoms with Crippen LogP contribution in [0.15, 0.2) is 72.8 Å². The maximum Gasteiger partial charge on any atom is 0.422 e. The molecular formula is C38H43ClF3N7O5. The number of hydrogen-bond donors (Lipinski definition) is 3. The van der Waals surface area contributed by atoms with Gasteiger partial charge in [-0.25, -0.2) is 4.79 Å². The highest BCUT2D eigenvalue weighted by Gasteiger charge is 2.30. The van der Waals surface area contributed by atoms with Gasteiger partial charge in [0.2, 0.25) is 11.9 Å². The molecule has 0 fully saturated rings. The van der Waals surface area contributed by atoms with Gasteiger partial charge >= 0.3 is 18.3 Å². The minimum atomic E-state index is -4.60. The van der Waals surface area contributed by atoms with E-state index in [9.17, 15) is 22.8 Å². The van der Waals surface area contributed by atoms with Gasteiger partial charge < -0.3 is 35.1 Å². The van der Waals surface area contributed by atoms with Crippen LogP contribution in [0.5, 0.6) is 6.01 Å². The minimum absolute atomic E-state index is 0.0271. The summed E-state index contributed by atoms with van der Waals surface area (Å²) in [5, 5.41) is 9.42. The van der Waals surface area contributed by atoms with E-state index < -0.39 is 30.3 Å². The molecular weight excluding hydrogens is 727 g/mol. The maximum atomic E-state index is 13.3. The van der Waals surface area contributed by atoms with Crippen LogP contribution in [0.3, 0.4) is 0 Å². The van der Waals surface area contributed by atoms with Crippen molar-refractivity contribution >= 4 is 41.2 Å². The van der Waals surface area contributed by atoms with Crippen molar-refractivity contribution in [1.29, 1.82) is 0 Å². The number of carbonyl (C=O) groups excluding carboxylic acids is 2. The predicted octanol–water partition coefficient (Wildman–Crippen LogP) is 7.57. The average Bonchev–Trinajstić information content (AvgIpc) is 3.14. The third kappa shape index (κ3) is 13.1. The summed E-state index contributed by atoms with van der Waals surface area (Å²) in [6, 6.07) is 21.2. The predicted molar refractivity (Wildman–Crippen MR) is 198 cm³/mol. The summed E-state index contributed by atoms with van der Waals surface area (Å²) in [4.78, 5) is 40.4. The first-order chi connectivity index (χ1) is 25.8. The Bertz CT molecular complexity index is 1850. The van der Waals surface area contributed by atoms with E-state index in [-0.39, 0.29) is 44.1 Å². The number of benzene rings is 3. The summed E-state index contributed by atoms with van der Waals surface area (Å²) in [7, 11) is 0. The molecule has 0 radical (unpaired) electrons. The summed E-state index contributed by atoms with van der Waals surface area (Å²) in [6.07, 6.45) is -3.00. The number of rotatable bonds is 7. The molecule has 4 aliphatic rings. The van der Waals surface area contributed by atoms with Crippen LogP contribution in [0.2, 0.25) is 5.02 Å². The first-order valence-corrected chi connectivity index (χ1v) is 17.9. The number of carbonyl (C=O) groups is 2. The molecule has 288 valence electrons. The fourth-order valence-electron chi connectivity index (χ4n) is 5.51. The molecule has 4 aliphatic heterocycles. The van der Waals surface area contributed by atoms with Crippen LogP contribution in [0.1, 0.15) is 53.7 Å². The first kappa shape index (κ1) is 40.0. The van der Waals surface area contributed by atoms with Crippen molar-refractivity contribution in [2.45, 2.75) is 52.4 Å². The Balaban J connectivity index is 1.30. The topological polar surface area (TPSA) is 140 Å². The van der Waals surface area contributed by atoms with Crippen LogP contribution < -0.4 is 20.7 Å². The van der Waals surface area contributed by atoms with Gasteiger partial charge in [0, 0.05) is 42.5 Å². The molecule has 3 N–H and O–H groups in total. The van der Waals surface area contributed by atoms with Gasteiger partial charge in [0.1, 0.15) is 6.61 Å². The standard InChI is InChI=1S/C38H43ClF3N7O5/c1-37(2)23-44-32(50)29-13-15-30(16-14-29)45-34-46-33(47-35(48-34)54-25-38(40,41)42)43-21-27-11-12-28(31(39)20-27)10-6-7-17-49(24-37)36(51)53-19-18-52-22-26-8-4-3-5-9-26/h3-5,8-9,11-16,20H,6-7,10,17-19,21-25H2,1-2H3,(H,44,50)(H2,43,45,46,47,48). The normalized spacial score (nSPS) is 15.4. The molecule has 12 nitrogen and oxygen atoms in total. The molecule has 6 bridgehead atoms. The van der Waals surface area contributed by atoms with Crippen LogP contribution >= 0.6 is 11.6 Å². The van der Waals surface area contributed by atoms with E-state index in [2.05, 4.69) is 30.9 Å². The van der Waals surface area contributed by atoms with Gasteiger partial charge in [-0.2, -0.15) is 28.1 Å². The Kier molecular flexibility index (Phi) is 13.9. The van der Waals surface area contributed by atoms with Crippen LogP contribution in [0, 0.1) is 5.41 Å². The second-order valence-corrected chi connectivity index (χ2v) is 13.9. The molecule has 54 heavy (non-hydrogen) atoms. The maximum absolute atomic E-state index is 13.3. The van der Waals surface area contributed by atoms with Gasteiger partial charge in [0.05, 0.1) is 13.2 Å². The fraction of sp³-hybridized carbons (Fsp3) is 0.395. The number of nitrogens with one attached hydrogen (secondary N) is 3. The van der Waals surface area contributed by atoms with Crippen LogP contribution in [0.4, 0.5) is 35.5 Å². The molecule has 0 saturated carbocycles. The number of nitrogens with zero attached hydrogens (tertiary/aromatic N) is 4. The fourth-order valence-corrected chi connectivity index (χ4v) is 5.81. The lowest BCUT2D eigenvalue weighted by molar-refractivity contribution is -0.154. The van der Waals surface area contributed by atoms with Gasteiger partial charge in [-0.15, -0.1) is 0 Å². The second-order valence-electron chi connectivity index (χ2n) is 13.5. The van der Waals surface area contributed by atoms with E-state index >= 15 is 0 Å². The molecule has 0 aliphatic carbocycles. The highest BCUT2D eigenvalue weighted by atomic mass is 35.5. The van der Waals surface area contributed by atoms with Gasteiger partial charge in [-0.1, -0.05) is 67.9 Å². The molecule has 5 heterocycles. The SMILES string of the molecule is CC1(C)CNC(=O)c2ccc(cc2)Nc2nc(nc(OCC(F)(F)F)n2)NCc2ccc(c(Cl)c2)CCCCN(C(=O)OCCOCc2ccccc2)C1. The highest BCUT2D eigenvalue weighted by molar-refractivity contribution is 6.31. The third-order valence-corrected chi connectivity index (χ3v) is 8.60. The Labute approximate surface area is 316 Å². The quantitative estimate of drug-likeness (QED) is 0.161. The Morgan fingerprint density at radius 3 is 2.44 bits per heavy atom. The Morgan fingerprint density at radius 1 is 0.944 bits per heavy atom. The summed E-state index contributed by atoms with van der Waals surface area (Å²) < 4.78 is 54.8. The van der Waals surface area contributed by atoms with E-state index in [0.29, 0.717) is 48.8 Å². The van der Waals surface area contributed by atoms with E-state index in [1.54, 1.807) is 35.2 Å². The number of ether oxygens (including phenoxy) is 3. The number of halogens is 4. The molecule has 2 amide bonds. The van der Waals surface area contributed by atoms with E-state index in [0.717, 1.165) is 23.1 Å². The van der Waals surface area contributed by atoms with Gasteiger partial charge in [-0.05, 0) is 71.7 Å². The van der Waals surface area contributed by atoms with Crippen molar-refractivity contribution in [3.8, 4) is 6.01 Å². The minimum Gasteiger partial charge on any atom is -0.454 e. The molecule has 0 saturated heterocycles. The zero-order chi connectivity index (χ0) is 38.6. The van der Waals surface area contributed by atoms with E-state index in [1.807, 2.05) is 56.3 Å². The number of anilines is 3. The number of hydrogen-bond acceptors (Lipinski definition) is 10. The largest absolute Gasteiger partial charge is 0.454 e. The first-order valence-electron chi connectivity index (χ1n) is 17.5. The number of amides is 2. The van der Waals surface area contributed by atoms with Crippen molar-refractivity contribution in [1.82, 2.24) is 25.2 Å². The molecule has 1 aromatic heterocycles. The number of aryl methyl sites for hydroxylation is 1. The zero-order valence-electron chi connectivity index (χ0n) is 30.0. The molecule has 3 aromatic carbocycles. The third-order valence-electron chi connectivity index (χ3n) is 8.24. The number of aromatic nitrogens is 3. The molecule has 0 spiro atoms. The lowest BCUT2D eigenvalue weighted by Gasteiger charge is -2.32.